The lowest BCUT2D eigenvalue weighted by atomic mass is 10.1. The van der Waals surface area contributed by atoms with E-state index in [9.17, 15) is 14.4 Å². The Labute approximate surface area is 214 Å². The number of rotatable bonds is 20. The van der Waals surface area contributed by atoms with Gasteiger partial charge in [0.1, 0.15) is 0 Å². The minimum atomic E-state index is -1.23. The third kappa shape index (κ3) is 26.5. The minimum absolute atomic E-state index is 0.228. The first-order valence-corrected chi connectivity index (χ1v) is 14.0. The van der Waals surface area contributed by atoms with E-state index in [1.807, 2.05) is 0 Å². The maximum absolute atomic E-state index is 11.6. The summed E-state index contributed by atoms with van der Waals surface area (Å²) in [6, 6.07) is 0. The van der Waals surface area contributed by atoms with Crippen LogP contribution in [0.4, 0.5) is 14.4 Å². The van der Waals surface area contributed by atoms with Gasteiger partial charge in [0.2, 0.25) is 0 Å². The SMILES string of the molecule is CCCCCCCN(C(=O)O)C(=O)OCCCCC.CCCCCCCNC(=O)OCCCCC. The Morgan fingerprint density at radius 1 is 0.629 bits per heavy atom. The zero-order valence-electron chi connectivity index (χ0n) is 23.1. The molecule has 0 aliphatic carbocycles. The number of carboxylic acid groups (broad SMARTS) is 1. The van der Waals surface area contributed by atoms with E-state index in [4.69, 9.17) is 14.6 Å². The molecule has 0 aromatic heterocycles. The second-order valence-electron chi connectivity index (χ2n) is 8.85. The maximum Gasteiger partial charge on any atom is 0.419 e. The van der Waals surface area contributed by atoms with Crippen LogP contribution >= 0.6 is 0 Å². The quantitative estimate of drug-likeness (QED) is 0.163. The number of nitrogens with zero attached hydrogens (tertiary/aromatic N) is 1. The van der Waals surface area contributed by atoms with Crippen molar-refractivity contribution in [2.75, 3.05) is 26.3 Å². The predicted molar refractivity (Wildman–Crippen MR) is 142 cm³/mol. The number of hydrogen-bond donors (Lipinski definition) is 2. The molecule has 0 aromatic rings. The number of nitrogens with one attached hydrogen (secondary N) is 1. The van der Waals surface area contributed by atoms with Gasteiger partial charge in [-0.05, 0) is 25.7 Å². The van der Waals surface area contributed by atoms with Gasteiger partial charge < -0.3 is 19.9 Å². The lowest BCUT2D eigenvalue weighted by Gasteiger charge is -2.16. The summed E-state index contributed by atoms with van der Waals surface area (Å²) in [5, 5.41) is 11.7. The van der Waals surface area contributed by atoms with E-state index < -0.39 is 12.2 Å². The van der Waals surface area contributed by atoms with Crippen molar-refractivity contribution in [1.82, 2.24) is 10.2 Å². The number of imide groups is 1. The van der Waals surface area contributed by atoms with Crippen molar-refractivity contribution >= 4 is 18.3 Å². The van der Waals surface area contributed by atoms with Crippen LogP contribution in [0.2, 0.25) is 0 Å². The molecule has 0 unspecified atom stereocenters. The van der Waals surface area contributed by atoms with Crippen LogP contribution in [0.1, 0.15) is 130 Å². The lowest BCUT2D eigenvalue weighted by molar-refractivity contribution is 0.0925. The third-order valence-electron chi connectivity index (χ3n) is 5.44. The number of unbranched alkanes of at least 4 members (excludes halogenated alkanes) is 12. The molecule has 35 heavy (non-hydrogen) atoms. The van der Waals surface area contributed by atoms with Crippen molar-refractivity contribution in [2.24, 2.45) is 0 Å². The Morgan fingerprint density at radius 3 is 1.60 bits per heavy atom. The van der Waals surface area contributed by atoms with Gasteiger partial charge in [-0.3, -0.25) is 0 Å². The molecule has 0 fully saturated rings. The van der Waals surface area contributed by atoms with Crippen LogP contribution in [0.3, 0.4) is 0 Å². The highest BCUT2D eigenvalue weighted by molar-refractivity contribution is 5.86. The van der Waals surface area contributed by atoms with E-state index in [1.54, 1.807) is 0 Å². The number of carbonyl (C=O) groups is 3. The average molecular weight is 503 g/mol. The molecule has 0 rings (SSSR count). The van der Waals surface area contributed by atoms with Gasteiger partial charge in [-0.2, -0.15) is 0 Å². The van der Waals surface area contributed by atoms with E-state index >= 15 is 0 Å². The molecule has 0 spiro atoms. The van der Waals surface area contributed by atoms with Crippen LogP contribution in [-0.2, 0) is 9.47 Å². The van der Waals surface area contributed by atoms with Gasteiger partial charge in [0.15, 0.2) is 0 Å². The van der Waals surface area contributed by atoms with E-state index in [0.29, 0.717) is 19.6 Å². The largest absolute Gasteiger partial charge is 0.465 e. The second-order valence-corrected chi connectivity index (χ2v) is 8.85. The Balaban J connectivity index is 0. The highest BCUT2D eigenvalue weighted by Crippen LogP contribution is 2.06. The Hall–Kier alpha value is -1.99. The molecule has 3 amide bonds. The number of ether oxygens (including phenoxy) is 2. The number of amides is 3. The molecule has 0 bridgehead atoms. The zero-order valence-corrected chi connectivity index (χ0v) is 23.1. The smallest absolute Gasteiger partial charge is 0.419 e. The predicted octanol–water partition coefficient (Wildman–Crippen LogP) is 8.14. The summed E-state index contributed by atoms with van der Waals surface area (Å²) < 4.78 is 9.97. The van der Waals surface area contributed by atoms with Gasteiger partial charge in [0.25, 0.3) is 0 Å². The lowest BCUT2D eigenvalue weighted by Crippen LogP contribution is -2.37. The van der Waals surface area contributed by atoms with Gasteiger partial charge in [0.05, 0.1) is 13.2 Å². The summed E-state index contributed by atoms with van der Waals surface area (Å²) >= 11 is 0. The van der Waals surface area contributed by atoms with Crippen LogP contribution in [0.5, 0.6) is 0 Å². The van der Waals surface area contributed by atoms with Gasteiger partial charge in [-0.15, -0.1) is 0 Å². The molecule has 0 saturated carbocycles. The Bertz CT molecular complexity index is 502. The summed E-state index contributed by atoms with van der Waals surface area (Å²) in [6.07, 6.45) is 14.9. The van der Waals surface area contributed by atoms with E-state index in [1.165, 1.54) is 25.7 Å². The summed E-state index contributed by atoms with van der Waals surface area (Å²) in [5.74, 6) is 0. The first-order chi connectivity index (χ1) is 16.9. The summed E-state index contributed by atoms with van der Waals surface area (Å²) in [5.41, 5.74) is 0. The number of hydrogen-bond acceptors (Lipinski definition) is 5. The molecule has 208 valence electrons. The van der Waals surface area contributed by atoms with Crippen LogP contribution in [0, 0.1) is 0 Å². The van der Waals surface area contributed by atoms with Crippen LogP contribution in [0.25, 0.3) is 0 Å². The topological polar surface area (TPSA) is 105 Å². The molecule has 0 radical (unpaired) electrons. The van der Waals surface area contributed by atoms with Crippen molar-refractivity contribution in [3.8, 4) is 0 Å². The average Bonchev–Trinajstić information content (AvgIpc) is 2.84. The molecule has 8 heteroatoms. The second kappa shape index (κ2) is 28.2. The molecule has 0 heterocycles. The minimum Gasteiger partial charge on any atom is -0.465 e. The van der Waals surface area contributed by atoms with Crippen molar-refractivity contribution < 1.29 is 29.0 Å². The van der Waals surface area contributed by atoms with Crippen molar-refractivity contribution in [2.45, 2.75) is 130 Å². The molecular weight excluding hydrogens is 448 g/mol. The molecule has 0 aliphatic rings. The highest BCUT2D eigenvalue weighted by Gasteiger charge is 2.21. The van der Waals surface area contributed by atoms with Gasteiger partial charge in [-0.1, -0.05) is 105 Å². The number of alkyl carbamates (subject to hydrolysis) is 1. The molecular formula is C27H54N2O6. The molecule has 0 aliphatic heterocycles. The fourth-order valence-corrected chi connectivity index (χ4v) is 3.21. The zero-order chi connectivity index (χ0) is 26.6. The summed E-state index contributed by atoms with van der Waals surface area (Å²) in [7, 11) is 0. The van der Waals surface area contributed by atoms with E-state index in [2.05, 4.69) is 33.0 Å². The first kappa shape index (κ1) is 35.2. The molecule has 8 nitrogen and oxygen atoms in total. The van der Waals surface area contributed by atoms with Gasteiger partial charge in [-0.25, -0.2) is 19.3 Å². The maximum atomic E-state index is 11.6. The third-order valence-corrected chi connectivity index (χ3v) is 5.44. The molecule has 2 N–H and O–H groups in total. The van der Waals surface area contributed by atoms with Gasteiger partial charge in [0, 0.05) is 13.1 Å². The highest BCUT2D eigenvalue weighted by atomic mass is 16.6. The number of carbonyl (C=O) groups excluding carboxylic acids is 2. The standard InChI is InChI=1S/C14H27NO4.C13H27NO2/c1-3-5-7-8-9-11-15(13(16)17)14(18)19-12-10-6-4-2;1-3-5-7-8-9-11-14-13(15)16-12-10-6-4-2/h3-12H2,1-2H3,(H,16,17);3-12H2,1-2H3,(H,14,15). The van der Waals surface area contributed by atoms with Crippen molar-refractivity contribution in [3.05, 3.63) is 0 Å². The fraction of sp³-hybridized carbons (Fsp3) is 0.889. The normalized spacial score (nSPS) is 10.2. The van der Waals surface area contributed by atoms with Crippen molar-refractivity contribution in [1.29, 1.82) is 0 Å². The Morgan fingerprint density at radius 2 is 1.09 bits per heavy atom. The fourth-order valence-electron chi connectivity index (χ4n) is 3.21. The molecule has 0 saturated heterocycles. The van der Waals surface area contributed by atoms with Crippen LogP contribution in [-0.4, -0.2) is 54.6 Å². The molecule has 0 atom stereocenters. The van der Waals surface area contributed by atoms with Crippen LogP contribution < -0.4 is 5.32 Å². The summed E-state index contributed by atoms with van der Waals surface area (Å²) in [4.78, 5) is 34.5. The van der Waals surface area contributed by atoms with Gasteiger partial charge >= 0.3 is 18.3 Å². The first-order valence-electron chi connectivity index (χ1n) is 14.0. The van der Waals surface area contributed by atoms with Crippen LogP contribution in [0.15, 0.2) is 0 Å². The van der Waals surface area contributed by atoms with E-state index in [0.717, 1.165) is 82.1 Å². The summed E-state index contributed by atoms with van der Waals surface area (Å²) in [6.45, 7) is 10.3. The van der Waals surface area contributed by atoms with E-state index in [-0.39, 0.29) is 12.6 Å². The Kier molecular flexibility index (Phi) is 28.4. The monoisotopic (exact) mass is 502 g/mol. The van der Waals surface area contributed by atoms with Crippen molar-refractivity contribution in [3.63, 3.8) is 0 Å². The molecule has 0 aromatic carbocycles.